The lowest BCUT2D eigenvalue weighted by molar-refractivity contribution is 0.105. The third-order valence-corrected chi connectivity index (χ3v) is 3.92. The van der Waals surface area contributed by atoms with Crippen molar-refractivity contribution in [2.45, 2.75) is 33.6 Å². The van der Waals surface area contributed by atoms with Crippen LogP contribution in [0, 0.1) is 5.92 Å². The summed E-state index contributed by atoms with van der Waals surface area (Å²) in [6, 6.07) is 10.1. The van der Waals surface area contributed by atoms with Crippen molar-refractivity contribution in [1.82, 2.24) is 5.32 Å². The maximum absolute atomic E-state index is 5.80. The van der Waals surface area contributed by atoms with Gasteiger partial charge in [0.25, 0.3) is 0 Å². The van der Waals surface area contributed by atoms with E-state index in [1.54, 1.807) is 6.26 Å². The molecule has 2 aromatic rings. The second-order valence-corrected chi connectivity index (χ2v) is 6.33. The number of nitrogens with one attached hydrogen (secondary N) is 1. The highest BCUT2D eigenvalue weighted by atomic mass is 79.9. The Labute approximate surface area is 134 Å². The Hall–Kier alpha value is -1.10. The molecule has 0 amide bonds. The molecule has 0 bridgehead atoms. The Morgan fingerprint density at radius 2 is 1.90 bits per heavy atom. The summed E-state index contributed by atoms with van der Waals surface area (Å²) in [5, 5.41) is 3.39. The van der Waals surface area contributed by atoms with Crippen LogP contribution in [0.15, 0.2) is 45.5 Å². The normalized spacial score (nSPS) is 11.2. The summed E-state index contributed by atoms with van der Waals surface area (Å²) in [4.78, 5) is 0. The van der Waals surface area contributed by atoms with Gasteiger partial charge in [-0.15, -0.1) is 0 Å². The molecular formula is C17H22BrNO2. The van der Waals surface area contributed by atoms with Crippen LogP contribution >= 0.6 is 15.9 Å². The minimum Gasteiger partial charge on any atom is -0.468 e. The first-order valence-corrected chi connectivity index (χ1v) is 8.03. The molecule has 114 valence electrons. The average molecular weight is 352 g/mol. The van der Waals surface area contributed by atoms with Gasteiger partial charge in [0.1, 0.15) is 5.76 Å². The lowest BCUT2D eigenvalue weighted by Gasteiger charge is -2.08. The van der Waals surface area contributed by atoms with Gasteiger partial charge in [0, 0.05) is 10.0 Å². The Morgan fingerprint density at radius 3 is 2.67 bits per heavy atom. The number of furan rings is 1. The molecule has 0 spiro atoms. The van der Waals surface area contributed by atoms with Crippen LogP contribution in [0.1, 0.15) is 30.7 Å². The van der Waals surface area contributed by atoms with Crippen molar-refractivity contribution in [1.29, 1.82) is 0 Å². The van der Waals surface area contributed by atoms with Crippen molar-refractivity contribution in [2.24, 2.45) is 5.92 Å². The minimum atomic E-state index is 0.566. The highest BCUT2D eigenvalue weighted by Crippen LogP contribution is 2.18. The second-order valence-electron chi connectivity index (χ2n) is 5.48. The van der Waals surface area contributed by atoms with E-state index in [9.17, 15) is 0 Å². The van der Waals surface area contributed by atoms with Crippen LogP contribution in [-0.4, -0.2) is 6.54 Å². The Bertz CT molecular complexity index is 551. The van der Waals surface area contributed by atoms with E-state index in [-0.39, 0.29) is 0 Å². The first kappa shape index (κ1) is 16.3. The second kappa shape index (κ2) is 8.37. The fourth-order valence-electron chi connectivity index (χ4n) is 2.01. The zero-order valence-electron chi connectivity index (χ0n) is 12.6. The molecule has 0 unspecified atom stereocenters. The van der Waals surface area contributed by atoms with E-state index >= 15 is 0 Å². The van der Waals surface area contributed by atoms with Crippen LogP contribution in [0.4, 0.5) is 0 Å². The third-order valence-electron chi connectivity index (χ3n) is 3.15. The summed E-state index contributed by atoms with van der Waals surface area (Å²) in [5.74, 6) is 1.60. The van der Waals surface area contributed by atoms with Gasteiger partial charge >= 0.3 is 0 Å². The molecule has 0 aliphatic rings. The van der Waals surface area contributed by atoms with Gasteiger partial charge < -0.3 is 14.5 Å². The average Bonchev–Trinajstić information content (AvgIpc) is 2.88. The summed E-state index contributed by atoms with van der Waals surface area (Å²) in [7, 11) is 0. The van der Waals surface area contributed by atoms with Crippen LogP contribution in [0.2, 0.25) is 0 Å². The predicted octanol–water partition coefficient (Wildman–Crippen LogP) is 4.50. The van der Waals surface area contributed by atoms with E-state index < -0.39 is 0 Å². The smallest absolute Gasteiger partial charge is 0.123 e. The van der Waals surface area contributed by atoms with Gasteiger partial charge in [-0.05, 0) is 30.2 Å². The molecular weight excluding hydrogens is 330 g/mol. The van der Waals surface area contributed by atoms with Crippen LogP contribution in [0.3, 0.4) is 0 Å². The first-order chi connectivity index (χ1) is 10.2. The molecule has 1 aromatic heterocycles. The van der Waals surface area contributed by atoms with Crippen LogP contribution in [0.25, 0.3) is 0 Å². The number of halogens is 1. The minimum absolute atomic E-state index is 0.566. The van der Waals surface area contributed by atoms with E-state index in [4.69, 9.17) is 9.15 Å². The zero-order valence-corrected chi connectivity index (χ0v) is 14.2. The van der Waals surface area contributed by atoms with E-state index in [0.717, 1.165) is 34.4 Å². The van der Waals surface area contributed by atoms with Crippen LogP contribution < -0.4 is 5.32 Å². The topological polar surface area (TPSA) is 34.4 Å². The van der Waals surface area contributed by atoms with Gasteiger partial charge in [-0.1, -0.05) is 48.0 Å². The van der Waals surface area contributed by atoms with Gasteiger partial charge in [-0.25, -0.2) is 0 Å². The molecule has 1 aromatic carbocycles. The van der Waals surface area contributed by atoms with Crippen LogP contribution in [-0.2, 0) is 24.5 Å². The third kappa shape index (κ3) is 5.30. The molecule has 3 nitrogen and oxygen atoms in total. The summed E-state index contributed by atoms with van der Waals surface area (Å²) in [6.07, 6.45) is 1.73. The van der Waals surface area contributed by atoms with E-state index in [1.807, 2.05) is 24.3 Å². The number of ether oxygens (including phenoxy) is 1. The summed E-state index contributed by atoms with van der Waals surface area (Å²) >= 11 is 3.53. The predicted molar refractivity (Wildman–Crippen MR) is 87.9 cm³/mol. The SMILES string of the molecule is CC(C)CNCc1occc1COCc1ccccc1Br. The molecule has 0 saturated heterocycles. The van der Waals surface area contributed by atoms with E-state index in [2.05, 4.69) is 41.2 Å². The Morgan fingerprint density at radius 1 is 1.14 bits per heavy atom. The monoisotopic (exact) mass is 351 g/mol. The summed E-state index contributed by atoms with van der Waals surface area (Å²) in [6.45, 7) is 7.27. The van der Waals surface area contributed by atoms with E-state index in [1.165, 1.54) is 0 Å². The molecule has 1 heterocycles. The lowest BCUT2D eigenvalue weighted by Crippen LogP contribution is -2.19. The van der Waals surface area contributed by atoms with Crippen molar-refractivity contribution in [3.63, 3.8) is 0 Å². The maximum Gasteiger partial charge on any atom is 0.123 e. The molecule has 4 heteroatoms. The molecule has 0 saturated carbocycles. The first-order valence-electron chi connectivity index (χ1n) is 7.24. The molecule has 0 aliphatic heterocycles. The van der Waals surface area contributed by atoms with Crippen molar-refractivity contribution >= 4 is 15.9 Å². The standard InChI is InChI=1S/C17H22BrNO2/c1-13(2)9-19-10-17-15(7-8-21-17)12-20-11-14-5-3-4-6-16(14)18/h3-8,13,19H,9-12H2,1-2H3. The molecule has 2 rings (SSSR count). The number of hydrogen-bond acceptors (Lipinski definition) is 3. The van der Waals surface area contributed by atoms with Crippen LogP contribution in [0.5, 0.6) is 0 Å². The Balaban J connectivity index is 1.81. The maximum atomic E-state index is 5.80. The van der Waals surface area contributed by atoms with Gasteiger partial charge in [0.15, 0.2) is 0 Å². The van der Waals surface area contributed by atoms with Crippen molar-refractivity contribution in [3.8, 4) is 0 Å². The highest BCUT2D eigenvalue weighted by molar-refractivity contribution is 9.10. The highest BCUT2D eigenvalue weighted by Gasteiger charge is 2.07. The van der Waals surface area contributed by atoms with Crippen molar-refractivity contribution in [3.05, 3.63) is 58.0 Å². The van der Waals surface area contributed by atoms with Crippen molar-refractivity contribution < 1.29 is 9.15 Å². The van der Waals surface area contributed by atoms with Gasteiger partial charge in [0.05, 0.1) is 26.0 Å². The van der Waals surface area contributed by atoms with Gasteiger partial charge in [0.2, 0.25) is 0 Å². The molecule has 0 fully saturated rings. The lowest BCUT2D eigenvalue weighted by atomic mass is 10.2. The fourth-order valence-corrected chi connectivity index (χ4v) is 2.41. The van der Waals surface area contributed by atoms with Gasteiger partial charge in [-0.2, -0.15) is 0 Å². The fraction of sp³-hybridized carbons (Fsp3) is 0.412. The van der Waals surface area contributed by atoms with E-state index in [0.29, 0.717) is 19.1 Å². The summed E-state index contributed by atoms with van der Waals surface area (Å²) in [5.41, 5.74) is 2.26. The zero-order chi connectivity index (χ0) is 15.1. The molecule has 0 atom stereocenters. The molecule has 0 radical (unpaired) electrons. The van der Waals surface area contributed by atoms with Crippen molar-refractivity contribution in [2.75, 3.05) is 6.54 Å². The van der Waals surface area contributed by atoms with Gasteiger partial charge in [-0.3, -0.25) is 0 Å². The molecule has 21 heavy (non-hydrogen) atoms. The largest absolute Gasteiger partial charge is 0.468 e. The number of hydrogen-bond donors (Lipinski definition) is 1. The summed E-state index contributed by atoms with van der Waals surface area (Å²) < 4.78 is 12.4. The molecule has 0 aliphatic carbocycles. The number of rotatable bonds is 8. The molecule has 1 N–H and O–H groups in total. The quantitative estimate of drug-likeness (QED) is 0.759. The Kier molecular flexibility index (Phi) is 6.49. The number of benzene rings is 1.